The number of thiophene rings is 1. The van der Waals surface area contributed by atoms with E-state index in [1.165, 1.54) is 22.5 Å². The summed E-state index contributed by atoms with van der Waals surface area (Å²) in [5, 5.41) is 4.89. The summed E-state index contributed by atoms with van der Waals surface area (Å²) in [6, 6.07) is 10.0. The Morgan fingerprint density at radius 2 is 1.97 bits per heavy atom. The highest BCUT2D eigenvalue weighted by Gasteiger charge is 2.20. The normalized spacial score (nSPS) is 14.4. The van der Waals surface area contributed by atoms with Crippen molar-refractivity contribution in [2.75, 3.05) is 39.4 Å². The van der Waals surface area contributed by atoms with Crippen LogP contribution in [-0.2, 0) is 17.9 Å². The highest BCUT2D eigenvalue weighted by atomic mass is 32.1. The number of aryl methyl sites for hydroxylation is 2. The van der Waals surface area contributed by atoms with Crippen LogP contribution in [0.2, 0.25) is 0 Å². The third-order valence-corrected chi connectivity index (χ3v) is 7.05. The Morgan fingerprint density at radius 1 is 1.19 bits per heavy atom. The van der Waals surface area contributed by atoms with Crippen LogP contribution in [0.4, 0.5) is 0 Å². The fourth-order valence-corrected chi connectivity index (χ4v) is 5.13. The number of carbonyl (C=O) groups is 1. The lowest BCUT2D eigenvalue weighted by Crippen LogP contribution is -2.42. The molecule has 0 unspecified atom stereocenters. The van der Waals surface area contributed by atoms with Gasteiger partial charge in [0.15, 0.2) is 0 Å². The standard InChI is InChI=1S/C24H29N3O3S2/c1-18-12-19(2)14-21(13-18)30-16-23-25-20(17-32-23)15-27(24(28)22-4-3-11-31-22)6-5-26-7-9-29-10-8-26/h3-4,11-14,17H,5-10,15-16H2,1-2H3. The molecule has 1 aliphatic heterocycles. The number of nitrogens with zero attached hydrogens (tertiary/aromatic N) is 3. The van der Waals surface area contributed by atoms with E-state index in [-0.39, 0.29) is 5.91 Å². The number of amides is 1. The topological polar surface area (TPSA) is 54.9 Å². The Bertz CT molecular complexity index is 993. The molecule has 1 aliphatic rings. The smallest absolute Gasteiger partial charge is 0.264 e. The molecule has 2 aromatic heterocycles. The third-order valence-electron chi connectivity index (χ3n) is 5.32. The molecule has 3 heterocycles. The zero-order valence-electron chi connectivity index (χ0n) is 18.6. The number of aromatic nitrogens is 1. The lowest BCUT2D eigenvalue weighted by atomic mass is 10.1. The van der Waals surface area contributed by atoms with Gasteiger partial charge in [0.25, 0.3) is 5.91 Å². The van der Waals surface area contributed by atoms with E-state index in [1.54, 1.807) is 11.3 Å². The molecule has 1 saturated heterocycles. The van der Waals surface area contributed by atoms with E-state index in [2.05, 4.69) is 24.8 Å². The van der Waals surface area contributed by atoms with E-state index in [9.17, 15) is 4.79 Å². The Kier molecular flexibility index (Phi) is 7.91. The van der Waals surface area contributed by atoms with Gasteiger partial charge in [-0.2, -0.15) is 0 Å². The summed E-state index contributed by atoms with van der Waals surface area (Å²) < 4.78 is 11.4. The number of ether oxygens (including phenoxy) is 2. The maximum atomic E-state index is 13.1. The maximum absolute atomic E-state index is 13.1. The Hall–Kier alpha value is -2.26. The summed E-state index contributed by atoms with van der Waals surface area (Å²) in [6.45, 7) is 9.92. The zero-order valence-corrected chi connectivity index (χ0v) is 20.2. The Morgan fingerprint density at radius 3 is 2.69 bits per heavy atom. The number of hydrogen-bond donors (Lipinski definition) is 0. The van der Waals surface area contributed by atoms with Crippen molar-refractivity contribution in [3.63, 3.8) is 0 Å². The molecule has 0 saturated carbocycles. The van der Waals surface area contributed by atoms with Gasteiger partial charge >= 0.3 is 0 Å². The molecule has 0 atom stereocenters. The van der Waals surface area contributed by atoms with Gasteiger partial charge in [0.2, 0.25) is 0 Å². The SMILES string of the molecule is Cc1cc(C)cc(OCc2nc(CN(CCN3CCOCC3)C(=O)c3cccs3)cs2)c1. The molecular weight excluding hydrogens is 442 g/mol. The van der Waals surface area contributed by atoms with Crippen molar-refractivity contribution in [1.29, 1.82) is 0 Å². The monoisotopic (exact) mass is 471 g/mol. The first kappa shape index (κ1) is 22.9. The number of morpholine rings is 1. The minimum Gasteiger partial charge on any atom is -0.486 e. The summed E-state index contributed by atoms with van der Waals surface area (Å²) in [6.07, 6.45) is 0. The average molecular weight is 472 g/mol. The van der Waals surface area contributed by atoms with Crippen LogP contribution in [0.15, 0.2) is 41.1 Å². The van der Waals surface area contributed by atoms with Gasteiger partial charge in [-0.25, -0.2) is 4.98 Å². The molecule has 1 aromatic carbocycles. The fraction of sp³-hybridized carbons (Fsp3) is 0.417. The van der Waals surface area contributed by atoms with Crippen molar-refractivity contribution in [1.82, 2.24) is 14.8 Å². The minimum absolute atomic E-state index is 0.0642. The van der Waals surface area contributed by atoms with Gasteiger partial charge in [0.1, 0.15) is 17.4 Å². The van der Waals surface area contributed by atoms with Crippen LogP contribution in [0.5, 0.6) is 5.75 Å². The molecule has 0 aliphatic carbocycles. The van der Waals surface area contributed by atoms with Gasteiger partial charge in [-0.15, -0.1) is 22.7 Å². The van der Waals surface area contributed by atoms with Crippen LogP contribution >= 0.6 is 22.7 Å². The molecule has 6 nitrogen and oxygen atoms in total. The first-order valence-corrected chi connectivity index (χ1v) is 12.6. The molecule has 1 fully saturated rings. The molecule has 32 heavy (non-hydrogen) atoms. The average Bonchev–Trinajstić information content (AvgIpc) is 3.47. The fourth-order valence-electron chi connectivity index (χ4n) is 3.74. The summed E-state index contributed by atoms with van der Waals surface area (Å²) in [4.78, 5) is 22.9. The van der Waals surface area contributed by atoms with Crippen molar-refractivity contribution in [3.8, 4) is 5.75 Å². The number of carbonyl (C=O) groups excluding carboxylic acids is 1. The number of thiazole rings is 1. The predicted octanol–water partition coefficient (Wildman–Crippen LogP) is 4.38. The molecule has 1 amide bonds. The second kappa shape index (κ2) is 11.0. The molecule has 0 bridgehead atoms. The Labute approximate surface area is 197 Å². The zero-order chi connectivity index (χ0) is 22.3. The molecule has 170 valence electrons. The number of benzene rings is 1. The molecule has 8 heteroatoms. The van der Waals surface area contributed by atoms with E-state index in [1.807, 2.05) is 39.9 Å². The molecule has 0 spiro atoms. The van der Waals surface area contributed by atoms with Crippen LogP contribution in [-0.4, -0.2) is 60.1 Å². The van der Waals surface area contributed by atoms with Crippen LogP contribution < -0.4 is 4.74 Å². The summed E-state index contributed by atoms with van der Waals surface area (Å²) in [7, 11) is 0. The van der Waals surface area contributed by atoms with E-state index in [0.717, 1.165) is 54.2 Å². The van der Waals surface area contributed by atoms with Crippen LogP contribution in [0, 0.1) is 13.8 Å². The van der Waals surface area contributed by atoms with Crippen molar-refractivity contribution in [3.05, 3.63) is 67.8 Å². The summed E-state index contributed by atoms with van der Waals surface area (Å²) in [5.41, 5.74) is 3.27. The second-order valence-electron chi connectivity index (χ2n) is 8.00. The third kappa shape index (κ3) is 6.38. The lowest BCUT2D eigenvalue weighted by molar-refractivity contribution is 0.0320. The van der Waals surface area contributed by atoms with Gasteiger partial charge in [-0.3, -0.25) is 9.69 Å². The van der Waals surface area contributed by atoms with Crippen LogP contribution in [0.1, 0.15) is 31.5 Å². The van der Waals surface area contributed by atoms with Crippen LogP contribution in [0.25, 0.3) is 0 Å². The van der Waals surface area contributed by atoms with Gasteiger partial charge < -0.3 is 14.4 Å². The molecule has 4 rings (SSSR count). The van der Waals surface area contributed by atoms with Gasteiger partial charge in [0, 0.05) is 31.6 Å². The predicted molar refractivity (Wildman–Crippen MR) is 129 cm³/mol. The largest absolute Gasteiger partial charge is 0.486 e. The van der Waals surface area contributed by atoms with Gasteiger partial charge in [-0.05, 0) is 48.6 Å². The highest BCUT2D eigenvalue weighted by molar-refractivity contribution is 7.12. The molecule has 0 N–H and O–H groups in total. The van der Waals surface area contributed by atoms with Crippen LogP contribution in [0.3, 0.4) is 0 Å². The van der Waals surface area contributed by atoms with E-state index < -0.39 is 0 Å². The second-order valence-corrected chi connectivity index (χ2v) is 9.89. The van der Waals surface area contributed by atoms with E-state index in [4.69, 9.17) is 14.5 Å². The first-order valence-electron chi connectivity index (χ1n) is 10.8. The number of rotatable bonds is 9. The maximum Gasteiger partial charge on any atom is 0.264 e. The quantitative estimate of drug-likeness (QED) is 0.464. The minimum atomic E-state index is 0.0642. The highest BCUT2D eigenvalue weighted by Crippen LogP contribution is 2.20. The molecular formula is C24H29N3O3S2. The Balaban J connectivity index is 1.38. The summed E-state index contributed by atoms with van der Waals surface area (Å²) in [5.74, 6) is 0.925. The van der Waals surface area contributed by atoms with Crippen molar-refractivity contribution >= 4 is 28.6 Å². The van der Waals surface area contributed by atoms with E-state index >= 15 is 0 Å². The number of hydrogen-bond acceptors (Lipinski definition) is 7. The van der Waals surface area contributed by atoms with Crippen molar-refractivity contribution in [2.45, 2.75) is 27.0 Å². The lowest BCUT2D eigenvalue weighted by Gasteiger charge is -2.29. The summed E-state index contributed by atoms with van der Waals surface area (Å²) >= 11 is 3.06. The van der Waals surface area contributed by atoms with E-state index in [0.29, 0.717) is 19.7 Å². The first-order chi connectivity index (χ1) is 15.6. The van der Waals surface area contributed by atoms with Crippen molar-refractivity contribution in [2.24, 2.45) is 0 Å². The molecule has 0 radical (unpaired) electrons. The van der Waals surface area contributed by atoms with Gasteiger partial charge in [-0.1, -0.05) is 12.1 Å². The molecule has 3 aromatic rings. The van der Waals surface area contributed by atoms with Gasteiger partial charge in [0.05, 0.1) is 30.3 Å². The van der Waals surface area contributed by atoms with Crippen molar-refractivity contribution < 1.29 is 14.3 Å².